The molecule has 1 aliphatic heterocycles. The highest BCUT2D eigenvalue weighted by Crippen LogP contribution is 2.74. The number of carbonyl (C=O) groups excluding carboxylic acids is 1. The lowest BCUT2D eigenvalue weighted by molar-refractivity contribution is -0.169. The lowest BCUT2D eigenvalue weighted by atomic mass is 9.34. The first-order valence-corrected chi connectivity index (χ1v) is 17.0. The molecular weight excluding hydrogens is 532 g/mol. The molecule has 43 heavy (non-hydrogen) atoms. The van der Waals surface area contributed by atoms with Crippen molar-refractivity contribution in [3.63, 3.8) is 0 Å². The maximum atomic E-state index is 13.1. The molecule has 5 nitrogen and oxygen atoms in total. The molecule has 1 amide bonds. The summed E-state index contributed by atoms with van der Waals surface area (Å²) >= 11 is 0. The standard InChI is InChI=1S/C38H56N2O3/c1-33(2)16-18-38(24-39-32(43)13-9-25-8-11-28(41)29(42)22-25)19-17-36(6)26(27(38)23-33)10-12-31-35(5)20-21-40-34(3,4)30(35)14-15-37(31,36)7/h8-11,13,22,27,30-31,40-42H,12,14-21,23-24H2,1-7H3,(H,39,43). The van der Waals surface area contributed by atoms with Gasteiger partial charge in [-0.05, 0) is 147 Å². The summed E-state index contributed by atoms with van der Waals surface area (Å²) < 4.78 is 0. The van der Waals surface area contributed by atoms with Crippen LogP contribution in [0.25, 0.3) is 6.08 Å². The number of benzene rings is 1. The first-order chi connectivity index (χ1) is 20.1. The van der Waals surface area contributed by atoms with E-state index in [1.807, 2.05) is 0 Å². The lowest BCUT2D eigenvalue weighted by Gasteiger charge is -2.71. The Morgan fingerprint density at radius 2 is 1.70 bits per heavy atom. The quantitative estimate of drug-likeness (QED) is 0.163. The van der Waals surface area contributed by atoms with Crippen molar-refractivity contribution >= 4 is 12.0 Å². The molecule has 4 fully saturated rings. The van der Waals surface area contributed by atoms with E-state index in [0.717, 1.165) is 18.9 Å². The van der Waals surface area contributed by atoms with E-state index in [4.69, 9.17) is 0 Å². The van der Waals surface area contributed by atoms with Crippen LogP contribution in [-0.2, 0) is 4.79 Å². The van der Waals surface area contributed by atoms with E-state index in [1.54, 1.807) is 23.8 Å². The van der Waals surface area contributed by atoms with Crippen molar-refractivity contribution < 1.29 is 15.0 Å². The van der Waals surface area contributed by atoms with Gasteiger partial charge in [0, 0.05) is 18.2 Å². The van der Waals surface area contributed by atoms with Gasteiger partial charge in [-0.15, -0.1) is 0 Å². The summed E-state index contributed by atoms with van der Waals surface area (Å²) in [5.41, 5.74) is 3.87. The van der Waals surface area contributed by atoms with E-state index >= 15 is 0 Å². The minimum Gasteiger partial charge on any atom is -0.504 e. The Morgan fingerprint density at radius 1 is 0.953 bits per heavy atom. The van der Waals surface area contributed by atoms with Crippen molar-refractivity contribution in [1.29, 1.82) is 0 Å². The van der Waals surface area contributed by atoms with Gasteiger partial charge in [-0.3, -0.25) is 4.79 Å². The predicted molar refractivity (Wildman–Crippen MR) is 175 cm³/mol. The summed E-state index contributed by atoms with van der Waals surface area (Å²) in [6.45, 7) is 19.6. The molecule has 236 valence electrons. The van der Waals surface area contributed by atoms with Crippen molar-refractivity contribution in [2.75, 3.05) is 13.1 Å². The fourth-order valence-corrected chi connectivity index (χ4v) is 11.5. The van der Waals surface area contributed by atoms with Crippen LogP contribution in [0.3, 0.4) is 0 Å². The zero-order chi connectivity index (χ0) is 31.1. The smallest absolute Gasteiger partial charge is 0.244 e. The molecule has 0 radical (unpaired) electrons. The van der Waals surface area contributed by atoms with Crippen LogP contribution in [0, 0.1) is 44.8 Å². The molecule has 5 aliphatic rings. The molecule has 0 aromatic heterocycles. The zero-order valence-electron chi connectivity index (χ0n) is 27.8. The van der Waals surface area contributed by atoms with E-state index < -0.39 is 0 Å². The number of hydrogen-bond donors (Lipinski definition) is 4. The topological polar surface area (TPSA) is 81.6 Å². The van der Waals surface area contributed by atoms with Gasteiger partial charge in [0.2, 0.25) is 5.91 Å². The summed E-state index contributed by atoms with van der Waals surface area (Å²) in [5, 5.41) is 26.6. The highest BCUT2D eigenvalue weighted by Gasteiger charge is 2.67. The molecule has 6 rings (SSSR count). The molecule has 7 unspecified atom stereocenters. The number of allylic oxidation sites excluding steroid dienone is 2. The van der Waals surface area contributed by atoms with Crippen molar-refractivity contribution in [1.82, 2.24) is 10.6 Å². The van der Waals surface area contributed by atoms with E-state index in [1.165, 1.54) is 63.5 Å². The SMILES string of the molecule is CC1(C)CCC2(CNC(=O)C=Cc3ccc(O)c(O)c3)CCC3(C)C(=CCC4C5(C)CCNC(C)(C)C5CCC43C)C2C1. The lowest BCUT2D eigenvalue weighted by Crippen LogP contribution is -2.67. The van der Waals surface area contributed by atoms with Crippen LogP contribution in [0.4, 0.5) is 0 Å². The Kier molecular flexibility index (Phi) is 7.24. The molecule has 4 N–H and O–H groups in total. The van der Waals surface area contributed by atoms with Gasteiger partial charge < -0.3 is 20.8 Å². The summed E-state index contributed by atoms with van der Waals surface area (Å²) in [6, 6.07) is 4.61. The molecule has 1 aromatic carbocycles. The van der Waals surface area contributed by atoms with Gasteiger partial charge >= 0.3 is 0 Å². The van der Waals surface area contributed by atoms with Crippen molar-refractivity contribution in [3.8, 4) is 11.5 Å². The molecule has 7 atom stereocenters. The Hall–Kier alpha value is -2.27. The number of hydrogen-bond acceptors (Lipinski definition) is 4. The number of piperidine rings is 1. The second kappa shape index (κ2) is 10.1. The number of fused-ring (bicyclic) bond motifs is 7. The maximum absolute atomic E-state index is 13.1. The van der Waals surface area contributed by atoms with Gasteiger partial charge in [-0.2, -0.15) is 0 Å². The second-order valence-electron chi connectivity index (χ2n) is 17.3. The first kappa shape index (κ1) is 30.7. The van der Waals surface area contributed by atoms with Gasteiger partial charge in [0.05, 0.1) is 0 Å². The molecule has 5 heteroatoms. The third kappa shape index (κ3) is 4.78. The number of aromatic hydroxyl groups is 2. The van der Waals surface area contributed by atoms with Gasteiger partial charge in [-0.25, -0.2) is 0 Å². The average Bonchev–Trinajstić information content (AvgIpc) is 2.92. The maximum Gasteiger partial charge on any atom is 0.244 e. The number of nitrogens with one attached hydrogen (secondary N) is 2. The van der Waals surface area contributed by atoms with Gasteiger partial charge in [0.1, 0.15) is 0 Å². The number of carbonyl (C=O) groups is 1. The van der Waals surface area contributed by atoms with Crippen LogP contribution in [-0.4, -0.2) is 34.7 Å². The average molecular weight is 589 g/mol. The Labute approximate surface area is 260 Å². The molecule has 1 aromatic rings. The molecule has 0 spiro atoms. The first-order valence-electron chi connectivity index (χ1n) is 17.0. The summed E-state index contributed by atoms with van der Waals surface area (Å²) in [7, 11) is 0. The van der Waals surface area contributed by atoms with Crippen LogP contribution >= 0.6 is 0 Å². The van der Waals surface area contributed by atoms with Crippen LogP contribution in [0.2, 0.25) is 0 Å². The molecular formula is C38H56N2O3. The minimum atomic E-state index is -0.178. The zero-order valence-corrected chi connectivity index (χ0v) is 27.8. The molecule has 1 heterocycles. The fraction of sp³-hybridized carbons (Fsp3) is 0.711. The van der Waals surface area contributed by atoms with Gasteiger partial charge in [-0.1, -0.05) is 52.3 Å². The van der Waals surface area contributed by atoms with Crippen LogP contribution in [0.1, 0.15) is 112 Å². The second-order valence-corrected chi connectivity index (χ2v) is 17.3. The van der Waals surface area contributed by atoms with E-state index in [-0.39, 0.29) is 33.8 Å². The van der Waals surface area contributed by atoms with E-state index in [9.17, 15) is 15.0 Å². The Balaban J connectivity index is 1.28. The van der Waals surface area contributed by atoms with Crippen LogP contribution < -0.4 is 10.6 Å². The van der Waals surface area contributed by atoms with E-state index in [0.29, 0.717) is 40.2 Å². The van der Waals surface area contributed by atoms with Crippen molar-refractivity contribution in [2.45, 2.75) is 112 Å². The summed E-state index contributed by atoms with van der Waals surface area (Å²) in [5.74, 6) is 1.50. The molecule has 1 saturated heterocycles. The number of phenols is 2. The van der Waals surface area contributed by atoms with E-state index in [2.05, 4.69) is 65.2 Å². The summed E-state index contributed by atoms with van der Waals surface area (Å²) in [4.78, 5) is 13.1. The highest BCUT2D eigenvalue weighted by atomic mass is 16.3. The Bertz CT molecular complexity index is 1340. The predicted octanol–water partition coefficient (Wildman–Crippen LogP) is 7.98. The molecule has 4 aliphatic carbocycles. The third-order valence-electron chi connectivity index (χ3n) is 14.2. The number of phenolic OH excluding ortho intramolecular Hbond substituents is 2. The highest BCUT2D eigenvalue weighted by molar-refractivity contribution is 5.91. The Morgan fingerprint density at radius 3 is 2.44 bits per heavy atom. The van der Waals surface area contributed by atoms with Crippen molar-refractivity contribution in [2.24, 2.45) is 44.8 Å². The molecule has 0 bridgehead atoms. The fourth-order valence-electron chi connectivity index (χ4n) is 11.5. The van der Waals surface area contributed by atoms with Gasteiger partial charge in [0.15, 0.2) is 11.5 Å². The third-order valence-corrected chi connectivity index (χ3v) is 14.2. The largest absolute Gasteiger partial charge is 0.504 e. The number of rotatable bonds is 4. The van der Waals surface area contributed by atoms with Crippen molar-refractivity contribution in [3.05, 3.63) is 41.5 Å². The normalized spacial score (nSPS) is 41.3. The van der Waals surface area contributed by atoms with Gasteiger partial charge in [0.25, 0.3) is 0 Å². The van der Waals surface area contributed by atoms with Crippen LogP contribution in [0.5, 0.6) is 11.5 Å². The molecule has 3 saturated carbocycles. The minimum absolute atomic E-state index is 0.0942. The van der Waals surface area contributed by atoms with Crippen LogP contribution in [0.15, 0.2) is 35.9 Å². The number of amides is 1. The monoisotopic (exact) mass is 588 g/mol. The summed E-state index contributed by atoms with van der Waals surface area (Å²) in [6.07, 6.45) is 17.0.